The molecule has 19 heavy (non-hydrogen) atoms. The molecule has 0 aromatic carbocycles. The Bertz CT molecular complexity index is 338. The second kappa shape index (κ2) is 6.37. The number of piperazine rings is 1. The van der Waals surface area contributed by atoms with Crippen molar-refractivity contribution in [1.29, 1.82) is 0 Å². The van der Waals surface area contributed by atoms with Crippen molar-refractivity contribution in [2.24, 2.45) is 11.8 Å². The van der Waals surface area contributed by atoms with E-state index in [1.165, 1.54) is 4.90 Å². The topological polar surface area (TPSA) is 64.9 Å². The van der Waals surface area contributed by atoms with Crippen molar-refractivity contribution >= 4 is 11.9 Å². The number of nitrogens with one attached hydrogen (secondary N) is 1. The quantitative estimate of drug-likeness (QED) is 0.663. The zero-order valence-electron chi connectivity index (χ0n) is 11.7. The summed E-state index contributed by atoms with van der Waals surface area (Å²) in [5, 5.41) is 11.2. The van der Waals surface area contributed by atoms with Crippen LogP contribution in [0.15, 0.2) is 0 Å². The SMILES string of the molecule is CC[NH+]1CCN(C(=O)[C@H]2CCCC[C@@H]2C(=O)[O-])CC1. The third kappa shape index (κ3) is 3.26. The minimum absolute atomic E-state index is 0.0454. The molecule has 0 aromatic heterocycles. The van der Waals surface area contributed by atoms with Gasteiger partial charge in [0, 0.05) is 17.8 Å². The van der Waals surface area contributed by atoms with Gasteiger partial charge in [0.25, 0.3) is 0 Å². The van der Waals surface area contributed by atoms with Crippen LogP contribution in [0.5, 0.6) is 0 Å². The molecule has 108 valence electrons. The number of carbonyl (C=O) groups is 2. The van der Waals surface area contributed by atoms with Gasteiger partial charge in [0.05, 0.1) is 32.7 Å². The summed E-state index contributed by atoms with van der Waals surface area (Å²) in [5.74, 6) is -1.92. The van der Waals surface area contributed by atoms with E-state index in [2.05, 4.69) is 6.92 Å². The zero-order valence-corrected chi connectivity index (χ0v) is 11.7. The lowest BCUT2D eigenvalue weighted by molar-refractivity contribution is -0.902. The Hall–Kier alpha value is -1.10. The first kappa shape index (κ1) is 14.3. The molecule has 1 N–H and O–H groups in total. The lowest BCUT2D eigenvalue weighted by atomic mass is 9.78. The van der Waals surface area contributed by atoms with Gasteiger partial charge in [-0.05, 0) is 19.8 Å². The Morgan fingerprint density at radius 3 is 2.26 bits per heavy atom. The molecule has 5 nitrogen and oxygen atoms in total. The summed E-state index contributed by atoms with van der Waals surface area (Å²) in [6, 6.07) is 0. The van der Waals surface area contributed by atoms with E-state index in [9.17, 15) is 14.7 Å². The van der Waals surface area contributed by atoms with Gasteiger partial charge in [-0.1, -0.05) is 12.8 Å². The van der Waals surface area contributed by atoms with E-state index in [1.807, 2.05) is 4.90 Å². The van der Waals surface area contributed by atoms with Crippen LogP contribution in [0, 0.1) is 11.8 Å². The van der Waals surface area contributed by atoms with Crippen molar-refractivity contribution in [3.8, 4) is 0 Å². The van der Waals surface area contributed by atoms with Crippen LogP contribution in [0.3, 0.4) is 0 Å². The van der Waals surface area contributed by atoms with Crippen LogP contribution in [0.2, 0.25) is 0 Å². The molecular formula is C14H24N2O3. The summed E-state index contributed by atoms with van der Waals surface area (Å²) in [6.07, 6.45) is 3.16. The molecule has 2 fully saturated rings. The standard InChI is InChI=1S/C14H24N2O3/c1-2-15-7-9-16(10-8-15)13(17)11-5-3-4-6-12(11)14(18)19/h11-12H,2-10H2,1H3,(H,18,19)/t11-,12-/m0/s1. The number of likely N-dealkylation sites (N-methyl/N-ethyl adjacent to an activating group) is 1. The summed E-state index contributed by atoms with van der Waals surface area (Å²) >= 11 is 0. The molecule has 2 aliphatic rings. The van der Waals surface area contributed by atoms with E-state index < -0.39 is 11.9 Å². The molecule has 0 bridgehead atoms. The van der Waals surface area contributed by atoms with Gasteiger partial charge in [-0.15, -0.1) is 0 Å². The molecule has 0 radical (unpaired) electrons. The van der Waals surface area contributed by atoms with Gasteiger partial charge in [-0.3, -0.25) is 4.79 Å². The van der Waals surface area contributed by atoms with E-state index in [-0.39, 0.29) is 11.8 Å². The van der Waals surface area contributed by atoms with E-state index in [0.717, 1.165) is 45.6 Å². The molecule has 1 saturated heterocycles. The van der Waals surface area contributed by atoms with E-state index in [0.29, 0.717) is 12.8 Å². The van der Waals surface area contributed by atoms with Crippen molar-refractivity contribution in [3.63, 3.8) is 0 Å². The molecule has 0 aromatic rings. The van der Waals surface area contributed by atoms with Gasteiger partial charge in [0.1, 0.15) is 0 Å². The average molecular weight is 268 g/mol. The van der Waals surface area contributed by atoms with Crippen LogP contribution < -0.4 is 10.0 Å². The minimum Gasteiger partial charge on any atom is -0.550 e. The van der Waals surface area contributed by atoms with E-state index in [4.69, 9.17) is 0 Å². The van der Waals surface area contributed by atoms with Crippen LogP contribution in [0.4, 0.5) is 0 Å². The van der Waals surface area contributed by atoms with E-state index >= 15 is 0 Å². The maximum Gasteiger partial charge on any atom is 0.226 e. The van der Waals surface area contributed by atoms with Crippen LogP contribution in [-0.2, 0) is 9.59 Å². The van der Waals surface area contributed by atoms with Gasteiger partial charge in [-0.2, -0.15) is 0 Å². The molecule has 2 atom stereocenters. The van der Waals surface area contributed by atoms with Crippen molar-refractivity contribution in [1.82, 2.24) is 4.90 Å². The number of rotatable bonds is 3. The maximum absolute atomic E-state index is 12.5. The highest BCUT2D eigenvalue weighted by Crippen LogP contribution is 2.31. The number of carboxylic acid groups (broad SMARTS) is 1. The van der Waals surface area contributed by atoms with Crippen molar-refractivity contribution < 1.29 is 19.6 Å². The highest BCUT2D eigenvalue weighted by atomic mass is 16.4. The number of aliphatic carboxylic acids is 1. The van der Waals surface area contributed by atoms with Gasteiger partial charge < -0.3 is 19.7 Å². The first-order chi connectivity index (χ1) is 9.13. The fourth-order valence-corrected chi connectivity index (χ4v) is 3.34. The lowest BCUT2D eigenvalue weighted by Crippen LogP contribution is -3.14. The summed E-state index contributed by atoms with van der Waals surface area (Å²) in [6.45, 7) is 6.72. The number of quaternary nitrogens is 1. The second-order valence-corrected chi connectivity index (χ2v) is 5.75. The highest BCUT2D eigenvalue weighted by molar-refractivity contribution is 5.84. The molecular weight excluding hydrogens is 244 g/mol. The van der Waals surface area contributed by atoms with Gasteiger partial charge in [-0.25, -0.2) is 0 Å². The van der Waals surface area contributed by atoms with Gasteiger partial charge >= 0.3 is 0 Å². The third-order valence-corrected chi connectivity index (χ3v) is 4.67. The molecule has 1 aliphatic heterocycles. The molecule has 5 heteroatoms. The second-order valence-electron chi connectivity index (χ2n) is 5.75. The number of amides is 1. The number of carbonyl (C=O) groups excluding carboxylic acids is 2. The summed E-state index contributed by atoms with van der Waals surface area (Å²) in [5.41, 5.74) is 0. The highest BCUT2D eigenvalue weighted by Gasteiger charge is 2.35. The minimum atomic E-state index is -1.05. The predicted molar refractivity (Wildman–Crippen MR) is 68.3 cm³/mol. The van der Waals surface area contributed by atoms with Gasteiger partial charge in [0.2, 0.25) is 5.91 Å². The van der Waals surface area contributed by atoms with Crippen molar-refractivity contribution in [2.75, 3.05) is 32.7 Å². The summed E-state index contributed by atoms with van der Waals surface area (Å²) in [7, 11) is 0. The Morgan fingerprint density at radius 1 is 1.16 bits per heavy atom. The van der Waals surface area contributed by atoms with Crippen molar-refractivity contribution in [2.45, 2.75) is 32.6 Å². The largest absolute Gasteiger partial charge is 0.550 e. The third-order valence-electron chi connectivity index (χ3n) is 4.67. The van der Waals surface area contributed by atoms with Gasteiger partial charge in [0.15, 0.2) is 0 Å². The Labute approximate surface area is 114 Å². The maximum atomic E-state index is 12.5. The number of nitrogens with zero attached hydrogens (tertiary/aromatic N) is 1. The molecule has 0 spiro atoms. The van der Waals surface area contributed by atoms with Crippen LogP contribution in [0.1, 0.15) is 32.6 Å². The molecule has 1 aliphatic carbocycles. The molecule has 1 heterocycles. The first-order valence-corrected chi connectivity index (χ1v) is 7.46. The Morgan fingerprint density at radius 2 is 1.74 bits per heavy atom. The number of hydrogen-bond acceptors (Lipinski definition) is 3. The Kier molecular flexibility index (Phi) is 4.80. The van der Waals surface area contributed by atoms with Crippen molar-refractivity contribution in [3.05, 3.63) is 0 Å². The molecule has 1 saturated carbocycles. The van der Waals surface area contributed by atoms with E-state index in [1.54, 1.807) is 0 Å². The van der Waals surface area contributed by atoms with Crippen LogP contribution in [-0.4, -0.2) is 49.5 Å². The molecule has 2 rings (SSSR count). The van der Waals surface area contributed by atoms with Crippen LogP contribution in [0.25, 0.3) is 0 Å². The first-order valence-electron chi connectivity index (χ1n) is 7.46. The Balaban J connectivity index is 1.96. The number of hydrogen-bond donors (Lipinski definition) is 1. The average Bonchev–Trinajstić information content (AvgIpc) is 2.46. The smallest absolute Gasteiger partial charge is 0.226 e. The monoisotopic (exact) mass is 268 g/mol. The predicted octanol–water partition coefficient (Wildman–Crippen LogP) is -1.71. The lowest BCUT2D eigenvalue weighted by Gasteiger charge is -2.37. The zero-order chi connectivity index (χ0) is 13.8. The van der Waals surface area contributed by atoms with Crippen LogP contribution >= 0.6 is 0 Å². The number of carboxylic acids is 1. The normalized spacial score (nSPS) is 29.2. The fraction of sp³-hybridized carbons (Fsp3) is 0.857. The molecule has 0 unspecified atom stereocenters. The summed E-state index contributed by atoms with van der Waals surface area (Å²) < 4.78 is 0. The summed E-state index contributed by atoms with van der Waals surface area (Å²) in [4.78, 5) is 27.0. The fourth-order valence-electron chi connectivity index (χ4n) is 3.34. The molecule has 1 amide bonds.